The Morgan fingerprint density at radius 1 is 1.26 bits per heavy atom. The maximum absolute atomic E-state index is 11.6. The van der Waals surface area contributed by atoms with Gasteiger partial charge in [0.1, 0.15) is 11.4 Å². The molecule has 5 heteroatoms. The smallest absolute Gasteiger partial charge is 0.145 e. The molecule has 1 unspecified atom stereocenters. The Morgan fingerprint density at radius 2 is 2.07 bits per heavy atom. The molecule has 4 rings (SSSR count). The summed E-state index contributed by atoms with van der Waals surface area (Å²) in [5.41, 5.74) is 4.97. The summed E-state index contributed by atoms with van der Waals surface area (Å²) in [6, 6.07) is 11.6. The number of hydrogen-bond donors (Lipinski definition) is 3. The van der Waals surface area contributed by atoms with E-state index in [1.807, 2.05) is 12.3 Å². The fourth-order valence-electron chi connectivity index (χ4n) is 3.95. The number of aliphatic hydroxyl groups is 1. The number of nitrogens with one attached hydrogen (secondary N) is 2. The van der Waals surface area contributed by atoms with Gasteiger partial charge in [-0.05, 0) is 55.7 Å². The predicted octanol–water partition coefficient (Wildman–Crippen LogP) is 4.43. The summed E-state index contributed by atoms with van der Waals surface area (Å²) in [6.07, 6.45) is 3.78. The van der Waals surface area contributed by atoms with E-state index in [4.69, 9.17) is 5.26 Å². The average molecular weight is 358 g/mol. The van der Waals surface area contributed by atoms with Crippen molar-refractivity contribution in [1.29, 1.82) is 5.26 Å². The number of fused-ring (bicyclic) bond motifs is 2. The second-order valence-corrected chi connectivity index (χ2v) is 7.25. The van der Waals surface area contributed by atoms with E-state index >= 15 is 0 Å². The maximum atomic E-state index is 11.6. The molecule has 2 aromatic carbocycles. The topological polar surface area (TPSA) is 88.5 Å². The van der Waals surface area contributed by atoms with Gasteiger partial charge in [0.05, 0.1) is 22.7 Å². The predicted molar refractivity (Wildman–Crippen MR) is 107 cm³/mol. The summed E-state index contributed by atoms with van der Waals surface area (Å²) in [7, 11) is 0. The molecule has 27 heavy (non-hydrogen) atoms. The minimum atomic E-state index is -1.29. The number of aromatic amines is 2. The largest absolute Gasteiger partial charge is 0.377 e. The Morgan fingerprint density at radius 3 is 2.81 bits per heavy atom. The van der Waals surface area contributed by atoms with Crippen LogP contribution in [0.2, 0.25) is 0 Å². The molecule has 0 radical (unpaired) electrons. The summed E-state index contributed by atoms with van der Waals surface area (Å²) in [4.78, 5) is 11.1. The van der Waals surface area contributed by atoms with Gasteiger partial charge in [0.25, 0.3) is 0 Å². The number of imidazole rings is 1. The fraction of sp³-hybridized carbons (Fsp3) is 0.273. The molecule has 0 saturated heterocycles. The zero-order valence-corrected chi connectivity index (χ0v) is 15.7. The highest BCUT2D eigenvalue weighted by Gasteiger charge is 2.34. The molecule has 0 aliphatic carbocycles. The van der Waals surface area contributed by atoms with Gasteiger partial charge in [0.2, 0.25) is 0 Å². The second-order valence-electron chi connectivity index (χ2n) is 7.25. The fourth-order valence-corrected chi connectivity index (χ4v) is 3.95. The van der Waals surface area contributed by atoms with Crippen molar-refractivity contribution in [1.82, 2.24) is 15.0 Å². The summed E-state index contributed by atoms with van der Waals surface area (Å²) >= 11 is 0. The molecule has 2 aromatic heterocycles. The molecule has 2 heterocycles. The van der Waals surface area contributed by atoms with Crippen LogP contribution in [0.15, 0.2) is 36.5 Å². The molecule has 136 valence electrons. The van der Waals surface area contributed by atoms with Crippen LogP contribution in [0.25, 0.3) is 21.9 Å². The van der Waals surface area contributed by atoms with Crippen molar-refractivity contribution in [2.45, 2.75) is 39.2 Å². The zero-order valence-electron chi connectivity index (χ0n) is 15.7. The van der Waals surface area contributed by atoms with Crippen molar-refractivity contribution >= 4 is 21.9 Å². The summed E-state index contributed by atoms with van der Waals surface area (Å²) in [5.74, 6) is 0.483. The van der Waals surface area contributed by atoms with Gasteiger partial charge in [-0.15, -0.1) is 0 Å². The van der Waals surface area contributed by atoms with Gasteiger partial charge in [-0.3, -0.25) is 0 Å². The Hall–Kier alpha value is -3.10. The molecule has 0 bridgehead atoms. The van der Waals surface area contributed by atoms with Crippen LogP contribution in [0.5, 0.6) is 0 Å². The van der Waals surface area contributed by atoms with E-state index in [-0.39, 0.29) is 0 Å². The van der Waals surface area contributed by atoms with Crippen LogP contribution in [0, 0.1) is 18.3 Å². The average Bonchev–Trinajstić information content (AvgIpc) is 3.28. The van der Waals surface area contributed by atoms with Gasteiger partial charge in [-0.1, -0.05) is 19.4 Å². The standard InChI is InChI=1S/C22H22N4O/c1-4-5-15-10-13(2)20-16(8-9-24-20)19(15)22(3,27)21-25-17-7-6-14(12-23)11-18(17)26-21/h6-11,24,27H,4-5H2,1-3H3,(H,25,26). The first-order chi connectivity index (χ1) is 13.0. The first-order valence-electron chi connectivity index (χ1n) is 9.18. The number of H-pyrrole nitrogens is 2. The van der Waals surface area contributed by atoms with Crippen LogP contribution in [0.3, 0.4) is 0 Å². The van der Waals surface area contributed by atoms with Gasteiger partial charge in [0, 0.05) is 22.7 Å². The third-order valence-electron chi connectivity index (χ3n) is 5.20. The normalized spacial score (nSPS) is 13.7. The van der Waals surface area contributed by atoms with Crippen LogP contribution in [-0.4, -0.2) is 20.1 Å². The molecule has 1 atom stereocenters. The van der Waals surface area contributed by atoms with Crippen LogP contribution in [0.4, 0.5) is 0 Å². The van der Waals surface area contributed by atoms with E-state index in [0.29, 0.717) is 11.4 Å². The summed E-state index contributed by atoms with van der Waals surface area (Å²) in [6.45, 7) is 6.01. The van der Waals surface area contributed by atoms with Gasteiger partial charge in [-0.2, -0.15) is 5.26 Å². The van der Waals surface area contributed by atoms with Gasteiger partial charge < -0.3 is 15.1 Å². The van der Waals surface area contributed by atoms with Crippen LogP contribution >= 0.6 is 0 Å². The van der Waals surface area contributed by atoms with E-state index < -0.39 is 5.60 Å². The monoisotopic (exact) mass is 358 g/mol. The van der Waals surface area contributed by atoms with Crippen molar-refractivity contribution in [2.75, 3.05) is 0 Å². The van der Waals surface area contributed by atoms with E-state index in [9.17, 15) is 5.11 Å². The second kappa shape index (κ2) is 6.26. The van der Waals surface area contributed by atoms with Crippen molar-refractivity contribution in [2.24, 2.45) is 0 Å². The molecule has 0 spiro atoms. The molecule has 5 nitrogen and oxygen atoms in total. The molecule has 0 amide bonds. The van der Waals surface area contributed by atoms with Crippen molar-refractivity contribution in [3.05, 3.63) is 64.6 Å². The first-order valence-corrected chi connectivity index (χ1v) is 9.18. The molecular formula is C22H22N4O. The van der Waals surface area contributed by atoms with E-state index in [2.05, 4.69) is 40.9 Å². The number of aryl methyl sites for hydroxylation is 2. The van der Waals surface area contributed by atoms with Crippen LogP contribution in [-0.2, 0) is 12.0 Å². The minimum Gasteiger partial charge on any atom is -0.377 e. The van der Waals surface area contributed by atoms with Crippen molar-refractivity contribution < 1.29 is 5.11 Å². The number of rotatable bonds is 4. The third-order valence-corrected chi connectivity index (χ3v) is 5.20. The maximum Gasteiger partial charge on any atom is 0.145 e. The number of nitrogens with zero attached hydrogens (tertiary/aromatic N) is 2. The highest BCUT2D eigenvalue weighted by molar-refractivity contribution is 5.88. The molecule has 0 aliphatic rings. The lowest BCUT2D eigenvalue weighted by atomic mass is 9.85. The minimum absolute atomic E-state index is 0.483. The van der Waals surface area contributed by atoms with Gasteiger partial charge in [0.15, 0.2) is 0 Å². The molecule has 0 aliphatic heterocycles. The number of benzene rings is 2. The van der Waals surface area contributed by atoms with Crippen molar-refractivity contribution in [3.63, 3.8) is 0 Å². The molecule has 3 N–H and O–H groups in total. The van der Waals surface area contributed by atoms with Gasteiger partial charge >= 0.3 is 0 Å². The number of aromatic nitrogens is 3. The van der Waals surface area contributed by atoms with Gasteiger partial charge in [-0.25, -0.2) is 4.98 Å². The quantitative estimate of drug-likeness (QED) is 0.504. The Kier molecular flexibility index (Phi) is 4.01. The molecule has 4 aromatic rings. The molecule has 0 saturated carbocycles. The SMILES string of the molecule is CCCc1cc(C)c2[nH]ccc2c1C(C)(O)c1nc2ccc(C#N)cc2[nH]1. The molecule has 0 fully saturated rings. The van der Waals surface area contributed by atoms with Crippen LogP contribution < -0.4 is 0 Å². The Balaban J connectivity index is 1.96. The zero-order chi connectivity index (χ0) is 19.2. The highest BCUT2D eigenvalue weighted by atomic mass is 16.3. The van der Waals surface area contributed by atoms with E-state index in [1.165, 1.54) is 5.56 Å². The first kappa shape index (κ1) is 17.3. The lowest BCUT2D eigenvalue weighted by molar-refractivity contribution is 0.0941. The lowest BCUT2D eigenvalue weighted by Crippen LogP contribution is -2.26. The van der Waals surface area contributed by atoms with E-state index in [1.54, 1.807) is 25.1 Å². The third kappa shape index (κ3) is 2.70. The van der Waals surface area contributed by atoms with E-state index in [0.717, 1.165) is 45.9 Å². The Labute approximate surface area is 157 Å². The Bertz CT molecular complexity index is 1190. The molecular weight excluding hydrogens is 336 g/mol. The lowest BCUT2D eigenvalue weighted by Gasteiger charge is -2.26. The number of hydrogen-bond acceptors (Lipinski definition) is 3. The summed E-state index contributed by atoms with van der Waals surface area (Å²) < 4.78 is 0. The summed E-state index contributed by atoms with van der Waals surface area (Å²) in [5, 5.41) is 21.8. The van der Waals surface area contributed by atoms with Crippen LogP contribution in [0.1, 0.15) is 48.3 Å². The highest BCUT2D eigenvalue weighted by Crippen LogP contribution is 2.38. The van der Waals surface area contributed by atoms with Crippen molar-refractivity contribution in [3.8, 4) is 6.07 Å². The number of nitriles is 1.